The Morgan fingerprint density at radius 1 is 0.933 bits per heavy atom. The zero-order valence-corrected chi connectivity index (χ0v) is 11.6. The first-order chi connectivity index (χ1) is 7.07. The predicted octanol–water partition coefficient (Wildman–Crippen LogP) is 4.32. The molecule has 0 aliphatic heterocycles. The van der Waals surface area contributed by atoms with Crippen LogP contribution >= 0.6 is 0 Å². The lowest BCUT2D eigenvalue weighted by Crippen LogP contribution is -2.30. The van der Waals surface area contributed by atoms with Gasteiger partial charge in [0.05, 0.1) is 0 Å². The first kappa shape index (κ1) is 15.0. The van der Waals surface area contributed by atoms with E-state index in [0.29, 0.717) is 0 Å². The standard InChI is InChI=1S/C14H31N/c1-6-7-8-9-12-15(5)14(4)11-10-13(2)3/h13-14H,6-12H2,1-5H3. The van der Waals surface area contributed by atoms with Crippen LogP contribution in [0.5, 0.6) is 0 Å². The summed E-state index contributed by atoms with van der Waals surface area (Å²) in [6.07, 6.45) is 8.22. The topological polar surface area (TPSA) is 3.24 Å². The summed E-state index contributed by atoms with van der Waals surface area (Å²) in [4.78, 5) is 2.53. The minimum atomic E-state index is 0.758. The molecule has 1 nitrogen and oxygen atoms in total. The molecule has 0 N–H and O–H groups in total. The van der Waals surface area contributed by atoms with Crippen LogP contribution in [0.25, 0.3) is 0 Å². The fraction of sp³-hybridized carbons (Fsp3) is 1.00. The summed E-state index contributed by atoms with van der Waals surface area (Å²) in [6.45, 7) is 10.5. The average molecular weight is 213 g/mol. The molecule has 0 aromatic rings. The van der Waals surface area contributed by atoms with Gasteiger partial charge in [-0.05, 0) is 45.7 Å². The SMILES string of the molecule is CCCCCCN(C)C(C)CCC(C)C. The Balaban J connectivity index is 3.46. The van der Waals surface area contributed by atoms with E-state index in [2.05, 4.69) is 39.6 Å². The molecule has 0 aromatic heterocycles. The molecule has 0 amide bonds. The van der Waals surface area contributed by atoms with Gasteiger partial charge in [0, 0.05) is 6.04 Å². The smallest absolute Gasteiger partial charge is 0.00639 e. The molecule has 1 unspecified atom stereocenters. The third kappa shape index (κ3) is 8.92. The molecule has 0 aromatic carbocycles. The third-order valence-corrected chi connectivity index (χ3v) is 3.28. The van der Waals surface area contributed by atoms with E-state index in [4.69, 9.17) is 0 Å². The van der Waals surface area contributed by atoms with Crippen LogP contribution in [0.3, 0.4) is 0 Å². The highest BCUT2D eigenvalue weighted by Gasteiger charge is 2.08. The average Bonchev–Trinajstić information content (AvgIpc) is 2.20. The van der Waals surface area contributed by atoms with E-state index in [9.17, 15) is 0 Å². The van der Waals surface area contributed by atoms with Gasteiger partial charge in [0.2, 0.25) is 0 Å². The Morgan fingerprint density at radius 2 is 1.60 bits per heavy atom. The van der Waals surface area contributed by atoms with Crippen LogP contribution in [0.2, 0.25) is 0 Å². The van der Waals surface area contributed by atoms with Crippen LogP contribution in [-0.4, -0.2) is 24.5 Å². The van der Waals surface area contributed by atoms with Gasteiger partial charge in [0.25, 0.3) is 0 Å². The maximum atomic E-state index is 2.53. The molecule has 0 saturated heterocycles. The van der Waals surface area contributed by atoms with Crippen molar-refractivity contribution in [2.24, 2.45) is 5.92 Å². The Labute approximate surface area is 97.2 Å². The highest BCUT2D eigenvalue weighted by atomic mass is 15.1. The molecule has 0 radical (unpaired) electrons. The van der Waals surface area contributed by atoms with Gasteiger partial charge >= 0.3 is 0 Å². The van der Waals surface area contributed by atoms with Crippen molar-refractivity contribution in [3.63, 3.8) is 0 Å². The van der Waals surface area contributed by atoms with Crippen molar-refractivity contribution in [2.45, 2.75) is 72.3 Å². The molecule has 92 valence electrons. The van der Waals surface area contributed by atoms with Crippen molar-refractivity contribution < 1.29 is 0 Å². The van der Waals surface area contributed by atoms with Crippen LogP contribution in [0.4, 0.5) is 0 Å². The first-order valence-electron chi connectivity index (χ1n) is 6.78. The summed E-state index contributed by atoms with van der Waals surface area (Å²) in [6, 6.07) is 0.758. The molecule has 0 bridgehead atoms. The molecule has 0 aliphatic rings. The lowest BCUT2D eigenvalue weighted by atomic mass is 10.0. The summed E-state index contributed by atoms with van der Waals surface area (Å²) >= 11 is 0. The van der Waals surface area contributed by atoms with Crippen molar-refractivity contribution in [1.29, 1.82) is 0 Å². The number of nitrogens with zero attached hydrogens (tertiary/aromatic N) is 1. The van der Waals surface area contributed by atoms with E-state index in [1.54, 1.807) is 0 Å². The minimum Gasteiger partial charge on any atom is -0.304 e. The van der Waals surface area contributed by atoms with Gasteiger partial charge in [-0.25, -0.2) is 0 Å². The Hall–Kier alpha value is -0.0400. The third-order valence-electron chi connectivity index (χ3n) is 3.28. The zero-order valence-electron chi connectivity index (χ0n) is 11.6. The van der Waals surface area contributed by atoms with Gasteiger partial charge < -0.3 is 4.90 Å². The number of hydrogen-bond acceptors (Lipinski definition) is 1. The Bertz CT molecular complexity index is 131. The van der Waals surface area contributed by atoms with Crippen molar-refractivity contribution in [2.75, 3.05) is 13.6 Å². The van der Waals surface area contributed by atoms with Gasteiger partial charge in [-0.3, -0.25) is 0 Å². The van der Waals surface area contributed by atoms with E-state index in [1.165, 1.54) is 45.1 Å². The van der Waals surface area contributed by atoms with E-state index in [1.807, 2.05) is 0 Å². The molecular weight excluding hydrogens is 182 g/mol. The van der Waals surface area contributed by atoms with Crippen molar-refractivity contribution in [3.8, 4) is 0 Å². The quantitative estimate of drug-likeness (QED) is 0.515. The van der Waals surface area contributed by atoms with E-state index >= 15 is 0 Å². The molecule has 0 aliphatic carbocycles. The molecule has 0 fully saturated rings. The Kier molecular flexibility index (Phi) is 9.18. The largest absolute Gasteiger partial charge is 0.304 e. The Morgan fingerprint density at radius 3 is 2.13 bits per heavy atom. The van der Waals surface area contributed by atoms with Crippen LogP contribution in [0, 0.1) is 5.92 Å². The molecule has 0 saturated carbocycles. The fourth-order valence-electron chi connectivity index (χ4n) is 1.80. The second-order valence-electron chi connectivity index (χ2n) is 5.36. The predicted molar refractivity (Wildman–Crippen MR) is 70.3 cm³/mol. The summed E-state index contributed by atoms with van der Waals surface area (Å²) in [5.74, 6) is 0.848. The van der Waals surface area contributed by atoms with Crippen molar-refractivity contribution in [3.05, 3.63) is 0 Å². The highest BCUT2D eigenvalue weighted by molar-refractivity contribution is 4.64. The second-order valence-corrected chi connectivity index (χ2v) is 5.36. The summed E-state index contributed by atoms with van der Waals surface area (Å²) < 4.78 is 0. The summed E-state index contributed by atoms with van der Waals surface area (Å²) in [7, 11) is 2.27. The van der Waals surface area contributed by atoms with Gasteiger partial charge in [0.1, 0.15) is 0 Å². The molecular formula is C14H31N. The van der Waals surface area contributed by atoms with E-state index < -0.39 is 0 Å². The zero-order chi connectivity index (χ0) is 11.7. The van der Waals surface area contributed by atoms with Crippen LogP contribution in [-0.2, 0) is 0 Å². The highest BCUT2D eigenvalue weighted by Crippen LogP contribution is 2.11. The van der Waals surface area contributed by atoms with Crippen molar-refractivity contribution >= 4 is 0 Å². The molecule has 0 heterocycles. The summed E-state index contributed by atoms with van der Waals surface area (Å²) in [5.41, 5.74) is 0. The first-order valence-corrected chi connectivity index (χ1v) is 6.78. The number of unbranched alkanes of at least 4 members (excludes halogenated alkanes) is 3. The van der Waals surface area contributed by atoms with Gasteiger partial charge in [-0.2, -0.15) is 0 Å². The maximum absolute atomic E-state index is 2.53. The monoisotopic (exact) mass is 213 g/mol. The summed E-state index contributed by atoms with van der Waals surface area (Å²) in [5, 5.41) is 0. The molecule has 15 heavy (non-hydrogen) atoms. The van der Waals surface area contributed by atoms with Crippen molar-refractivity contribution in [1.82, 2.24) is 4.90 Å². The normalized spacial score (nSPS) is 13.8. The lowest BCUT2D eigenvalue weighted by Gasteiger charge is -2.25. The van der Waals surface area contributed by atoms with Crippen LogP contribution in [0.1, 0.15) is 66.2 Å². The van der Waals surface area contributed by atoms with Gasteiger partial charge in [0.15, 0.2) is 0 Å². The molecule has 1 atom stereocenters. The second kappa shape index (κ2) is 9.21. The van der Waals surface area contributed by atoms with Crippen LogP contribution in [0.15, 0.2) is 0 Å². The fourth-order valence-corrected chi connectivity index (χ4v) is 1.80. The minimum absolute atomic E-state index is 0.758. The van der Waals surface area contributed by atoms with E-state index in [0.717, 1.165) is 12.0 Å². The molecule has 1 heteroatoms. The lowest BCUT2D eigenvalue weighted by molar-refractivity contribution is 0.231. The molecule has 0 spiro atoms. The van der Waals surface area contributed by atoms with Gasteiger partial charge in [-0.1, -0.05) is 40.0 Å². The maximum Gasteiger partial charge on any atom is 0.00639 e. The van der Waals surface area contributed by atoms with E-state index in [-0.39, 0.29) is 0 Å². The number of rotatable bonds is 9. The van der Waals surface area contributed by atoms with Gasteiger partial charge in [-0.15, -0.1) is 0 Å². The van der Waals surface area contributed by atoms with Crippen LogP contribution < -0.4 is 0 Å². The molecule has 0 rings (SSSR count). The number of hydrogen-bond donors (Lipinski definition) is 0.